The van der Waals surface area contributed by atoms with Gasteiger partial charge in [0.2, 0.25) is 0 Å². The van der Waals surface area contributed by atoms with E-state index in [1.807, 2.05) is 30.3 Å². The number of aryl methyl sites for hydroxylation is 1. The highest BCUT2D eigenvalue weighted by atomic mass is 19.2. The van der Waals surface area contributed by atoms with Crippen LogP contribution in [0.1, 0.15) is 29.5 Å². The van der Waals surface area contributed by atoms with Crippen LogP contribution in [0.4, 0.5) is 13.2 Å². The molecule has 0 atom stereocenters. The van der Waals surface area contributed by atoms with Gasteiger partial charge in [0.25, 0.3) is 0 Å². The highest BCUT2D eigenvalue weighted by molar-refractivity contribution is 5.82. The molecule has 0 N–H and O–H groups in total. The van der Waals surface area contributed by atoms with E-state index >= 15 is 0 Å². The van der Waals surface area contributed by atoms with Gasteiger partial charge >= 0.3 is 0 Å². The smallest absolute Gasteiger partial charge is 0.194 e. The molecule has 0 aliphatic heterocycles. The minimum absolute atomic E-state index is 0.0983. The molecule has 0 aromatic heterocycles. The minimum Gasteiger partial charge on any atom is -0.204 e. The van der Waals surface area contributed by atoms with Gasteiger partial charge in [0.15, 0.2) is 17.5 Å². The Bertz CT molecular complexity index is 727. The van der Waals surface area contributed by atoms with Crippen LogP contribution in [-0.4, -0.2) is 12.4 Å². The highest BCUT2D eigenvalue weighted by Gasteiger charge is 2.09. The van der Waals surface area contributed by atoms with Crippen molar-refractivity contribution in [1.29, 1.82) is 0 Å². The highest BCUT2D eigenvalue weighted by Crippen LogP contribution is 2.12. The van der Waals surface area contributed by atoms with Gasteiger partial charge in [-0.3, -0.25) is 0 Å². The van der Waals surface area contributed by atoms with Crippen LogP contribution in [0.3, 0.4) is 0 Å². The third-order valence-electron chi connectivity index (χ3n) is 3.34. The van der Waals surface area contributed by atoms with Gasteiger partial charge in [-0.25, -0.2) is 13.2 Å². The lowest BCUT2D eigenvalue weighted by Gasteiger charge is -2.00. The van der Waals surface area contributed by atoms with E-state index in [0.29, 0.717) is 0 Å². The summed E-state index contributed by atoms with van der Waals surface area (Å²) in [5.74, 6) is -4.01. The number of rotatable bonds is 7. The molecule has 2 aromatic rings. The van der Waals surface area contributed by atoms with Crippen molar-refractivity contribution in [1.82, 2.24) is 0 Å². The van der Waals surface area contributed by atoms with Crippen molar-refractivity contribution < 1.29 is 13.2 Å². The van der Waals surface area contributed by atoms with E-state index in [2.05, 4.69) is 16.8 Å². The molecule has 0 unspecified atom stereocenters. The molecule has 24 heavy (non-hydrogen) atoms. The van der Waals surface area contributed by atoms with Gasteiger partial charge in [0.1, 0.15) is 0 Å². The van der Waals surface area contributed by atoms with Crippen molar-refractivity contribution in [2.75, 3.05) is 0 Å². The molecular formula is C19H17F3N2. The van der Waals surface area contributed by atoms with Crippen LogP contribution in [0.15, 0.2) is 59.3 Å². The first-order valence-corrected chi connectivity index (χ1v) is 7.51. The van der Waals surface area contributed by atoms with Crippen molar-refractivity contribution in [3.8, 4) is 0 Å². The van der Waals surface area contributed by atoms with Gasteiger partial charge in [-0.2, -0.15) is 10.2 Å². The molecule has 124 valence electrons. The second kappa shape index (κ2) is 8.82. The van der Waals surface area contributed by atoms with Crippen molar-refractivity contribution in [2.24, 2.45) is 10.2 Å². The van der Waals surface area contributed by atoms with Gasteiger partial charge in [0, 0.05) is 5.56 Å². The number of halogens is 3. The Morgan fingerprint density at radius 1 is 0.875 bits per heavy atom. The zero-order valence-electron chi connectivity index (χ0n) is 13.1. The number of hydrogen-bond acceptors (Lipinski definition) is 2. The zero-order chi connectivity index (χ0) is 17.4. The second-order valence-corrected chi connectivity index (χ2v) is 5.21. The first-order valence-electron chi connectivity index (χ1n) is 7.51. The van der Waals surface area contributed by atoms with E-state index in [4.69, 9.17) is 0 Å². The summed E-state index contributed by atoms with van der Waals surface area (Å²) in [4.78, 5) is 0. The SMILES string of the molecule is C=CCCCc1ccc(/C=N/N=C/c2cc(F)c(F)c(F)c2)cc1. The summed E-state index contributed by atoms with van der Waals surface area (Å²) in [7, 11) is 0. The van der Waals surface area contributed by atoms with Crippen molar-refractivity contribution in [3.63, 3.8) is 0 Å². The molecule has 0 heterocycles. The Hall–Kier alpha value is -2.69. The summed E-state index contributed by atoms with van der Waals surface area (Å²) >= 11 is 0. The van der Waals surface area contributed by atoms with E-state index in [1.54, 1.807) is 0 Å². The molecule has 0 spiro atoms. The van der Waals surface area contributed by atoms with Crippen LogP contribution in [0.25, 0.3) is 0 Å². The van der Waals surface area contributed by atoms with Crippen LogP contribution >= 0.6 is 0 Å². The van der Waals surface area contributed by atoms with E-state index < -0.39 is 17.5 Å². The molecule has 0 fully saturated rings. The lowest BCUT2D eigenvalue weighted by molar-refractivity contribution is 0.447. The Kier molecular flexibility index (Phi) is 6.49. The second-order valence-electron chi connectivity index (χ2n) is 5.21. The predicted octanol–water partition coefficient (Wildman–Crippen LogP) is 5.07. The predicted molar refractivity (Wildman–Crippen MR) is 91.1 cm³/mol. The van der Waals surface area contributed by atoms with Gasteiger partial charge in [-0.1, -0.05) is 30.3 Å². The van der Waals surface area contributed by atoms with Crippen LogP contribution in [0.5, 0.6) is 0 Å². The Morgan fingerprint density at radius 3 is 2.04 bits per heavy atom. The third-order valence-corrected chi connectivity index (χ3v) is 3.34. The van der Waals surface area contributed by atoms with Gasteiger partial charge in [-0.05, 0) is 42.5 Å². The summed E-state index contributed by atoms with van der Waals surface area (Å²) in [5, 5.41) is 7.53. The quantitative estimate of drug-likeness (QED) is 0.223. The maximum Gasteiger partial charge on any atom is 0.194 e. The van der Waals surface area contributed by atoms with Gasteiger partial charge in [0.05, 0.1) is 12.4 Å². The molecule has 2 nitrogen and oxygen atoms in total. The first kappa shape index (κ1) is 17.7. The summed E-state index contributed by atoms with van der Waals surface area (Å²) < 4.78 is 38.9. The summed E-state index contributed by atoms with van der Waals surface area (Å²) in [6.07, 6.45) is 7.63. The number of hydrogen-bond donors (Lipinski definition) is 0. The fraction of sp³-hybridized carbons (Fsp3) is 0.158. The van der Waals surface area contributed by atoms with E-state index in [9.17, 15) is 13.2 Å². The maximum absolute atomic E-state index is 13.0. The first-order chi connectivity index (χ1) is 11.6. The van der Waals surface area contributed by atoms with Crippen LogP contribution < -0.4 is 0 Å². The number of allylic oxidation sites excluding steroid dienone is 1. The van der Waals surface area contributed by atoms with E-state index in [1.165, 1.54) is 11.8 Å². The fourth-order valence-electron chi connectivity index (χ4n) is 2.07. The topological polar surface area (TPSA) is 24.7 Å². The Labute approximate surface area is 139 Å². The molecule has 0 saturated carbocycles. The molecule has 0 aliphatic rings. The molecule has 2 aromatic carbocycles. The molecule has 2 rings (SSSR count). The summed E-state index contributed by atoms with van der Waals surface area (Å²) in [5.41, 5.74) is 2.19. The number of benzene rings is 2. The molecule has 0 saturated heterocycles. The van der Waals surface area contributed by atoms with Crippen LogP contribution in [-0.2, 0) is 6.42 Å². The number of nitrogens with zero attached hydrogens (tertiary/aromatic N) is 2. The summed E-state index contributed by atoms with van der Waals surface area (Å²) in [6, 6.07) is 9.57. The van der Waals surface area contributed by atoms with Gasteiger partial charge in [-0.15, -0.1) is 6.58 Å². The maximum atomic E-state index is 13.0. The molecular weight excluding hydrogens is 313 g/mol. The average Bonchev–Trinajstić information content (AvgIpc) is 2.58. The zero-order valence-corrected chi connectivity index (χ0v) is 13.1. The molecule has 0 amide bonds. The molecule has 5 heteroatoms. The average molecular weight is 330 g/mol. The standard InChI is InChI=1S/C19H17F3N2/c1-2-3-4-5-14-6-8-15(9-7-14)12-23-24-13-16-10-17(20)19(22)18(21)11-16/h2,6-13H,1,3-5H2/b23-12+,24-13+. The number of unbranched alkanes of at least 4 members (excludes halogenated alkanes) is 1. The molecule has 0 radical (unpaired) electrons. The lowest BCUT2D eigenvalue weighted by Crippen LogP contribution is -1.93. The van der Waals surface area contributed by atoms with E-state index in [0.717, 1.165) is 43.2 Å². The largest absolute Gasteiger partial charge is 0.204 e. The van der Waals surface area contributed by atoms with E-state index in [-0.39, 0.29) is 5.56 Å². The third kappa shape index (κ3) is 5.19. The Morgan fingerprint density at radius 2 is 1.46 bits per heavy atom. The van der Waals surface area contributed by atoms with Crippen molar-refractivity contribution in [2.45, 2.75) is 19.3 Å². The Balaban J connectivity index is 1.95. The van der Waals surface area contributed by atoms with Crippen LogP contribution in [0, 0.1) is 17.5 Å². The molecule has 0 aliphatic carbocycles. The van der Waals surface area contributed by atoms with Crippen LogP contribution in [0.2, 0.25) is 0 Å². The normalized spacial score (nSPS) is 11.5. The monoisotopic (exact) mass is 330 g/mol. The van der Waals surface area contributed by atoms with Crippen molar-refractivity contribution in [3.05, 3.63) is 83.2 Å². The summed E-state index contributed by atoms with van der Waals surface area (Å²) in [6.45, 7) is 3.69. The van der Waals surface area contributed by atoms with Gasteiger partial charge < -0.3 is 0 Å². The minimum atomic E-state index is -1.50. The lowest BCUT2D eigenvalue weighted by atomic mass is 10.1. The molecule has 0 bridgehead atoms. The van der Waals surface area contributed by atoms with Crippen molar-refractivity contribution >= 4 is 12.4 Å². The fourth-order valence-corrected chi connectivity index (χ4v) is 2.07.